The second-order valence-electron chi connectivity index (χ2n) is 4.27. The van der Waals surface area contributed by atoms with Gasteiger partial charge in [0.1, 0.15) is 6.10 Å². The van der Waals surface area contributed by atoms with Crippen molar-refractivity contribution in [3.63, 3.8) is 0 Å². The lowest BCUT2D eigenvalue weighted by Gasteiger charge is -2.13. The fraction of sp³-hybridized carbons (Fsp3) is 0.385. The van der Waals surface area contributed by atoms with Crippen LogP contribution in [0.15, 0.2) is 18.2 Å². The Bertz CT molecular complexity index is 478. The molecule has 1 aliphatic heterocycles. The first-order valence-corrected chi connectivity index (χ1v) is 5.85. The topological polar surface area (TPSA) is 75.6 Å². The molecule has 1 amide bonds. The molecule has 18 heavy (non-hydrogen) atoms. The largest absolute Gasteiger partial charge is 0.478 e. The molecule has 1 fully saturated rings. The molecule has 2 rings (SSSR count). The van der Waals surface area contributed by atoms with Crippen LogP contribution in [-0.4, -0.2) is 29.7 Å². The van der Waals surface area contributed by atoms with Gasteiger partial charge in [-0.05, 0) is 37.5 Å². The summed E-state index contributed by atoms with van der Waals surface area (Å²) in [6, 6.07) is 4.82. The zero-order valence-electron chi connectivity index (χ0n) is 10.1. The molecule has 5 nitrogen and oxygen atoms in total. The average Bonchev–Trinajstić information content (AvgIpc) is 2.85. The first-order valence-electron chi connectivity index (χ1n) is 5.85. The third-order valence-corrected chi connectivity index (χ3v) is 3.04. The monoisotopic (exact) mass is 249 g/mol. The van der Waals surface area contributed by atoms with Gasteiger partial charge >= 0.3 is 5.97 Å². The average molecular weight is 249 g/mol. The SMILES string of the molecule is Cc1c(NC(=O)C2CCCO2)cccc1C(=O)O. The minimum atomic E-state index is -0.999. The summed E-state index contributed by atoms with van der Waals surface area (Å²) in [5, 5.41) is 11.7. The van der Waals surface area contributed by atoms with Gasteiger partial charge in [-0.2, -0.15) is 0 Å². The van der Waals surface area contributed by atoms with Gasteiger partial charge < -0.3 is 15.2 Å². The fourth-order valence-corrected chi connectivity index (χ4v) is 2.00. The van der Waals surface area contributed by atoms with E-state index in [1.54, 1.807) is 19.1 Å². The first kappa shape index (κ1) is 12.6. The smallest absolute Gasteiger partial charge is 0.336 e. The lowest BCUT2D eigenvalue weighted by molar-refractivity contribution is -0.124. The van der Waals surface area contributed by atoms with Crippen molar-refractivity contribution in [1.82, 2.24) is 0 Å². The molecule has 1 unspecified atom stereocenters. The molecule has 5 heteroatoms. The lowest BCUT2D eigenvalue weighted by atomic mass is 10.1. The molecule has 96 valence electrons. The molecule has 1 atom stereocenters. The van der Waals surface area contributed by atoms with Crippen molar-refractivity contribution >= 4 is 17.6 Å². The van der Waals surface area contributed by atoms with Crippen LogP contribution in [0.4, 0.5) is 5.69 Å². The highest BCUT2D eigenvalue weighted by Gasteiger charge is 2.24. The first-order chi connectivity index (χ1) is 8.59. The van der Waals surface area contributed by atoms with Crippen LogP contribution in [0, 0.1) is 6.92 Å². The van der Waals surface area contributed by atoms with E-state index >= 15 is 0 Å². The van der Waals surface area contributed by atoms with Crippen LogP contribution in [-0.2, 0) is 9.53 Å². The second kappa shape index (κ2) is 5.18. The summed E-state index contributed by atoms with van der Waals surface area (Å²) in [5.41, 5.74) is 1.27. The third-order valence-electron chi connectivity index (χ3n) is 3.04. The number of benzene rings is 1. The van der Waals surface area contributed by atoms with E-state index in [0.29, 0.717) is 24.3 Å². The number of rotatable bonds is 3. The number of ether oxygens (including phenoxy) is 1. The number of anilines is 1. The maximum absolute atomic E-state index is 11.9. The highest BCUT2D eigenvalue weighted by Crippen LogP contribution is 2.21. The summed E-state index contributed by atoms with van der Waals surface area (Å²) >= 11 is 0. The number of hydrogen-bond acceptors (Lipinski definition) is 3. The standard InChI is InChI=1S/C13H15NO4/c1-8-9(13(16)17)4-2-5-10(8)14-12(15)11-6-3-7-18-11/h2,4-5,11H,3,6-7H2,1H3,(H,14,15)(H,16,17). The molecule has 1 aromatic rings. The van der Waals surface area contributed by atoms with Crippen molar-refractivity contribution < 1.29 is 19.4 Å². The predicted molar refractivity (Wildman–Crippen MR) is 65.7 cm³/mol. The van der Waals surface area contributed by atoms with Gasteiger partial charge in [0.25, 0.3) is 5.91 Å². The normalized spacial score (nSPS) is 18.6. The van der Waals surface area contributed by atoms with Gasteiger partial charge in [0.2, 0.25) is 0 Å². The molecule has 1 aliphatic rings. The molecule has 0 spiro atoms. The summed E-state index contributed by atoms with van der Waals surface area (Å²) in [6.07, 6.45) is 1.17. The Labute approximate surface area is 105 Å². The van der Waals surface area contributed by atoms with Gasteiger partial charge in [0, 0.05) is 12.3 Å². The minimum Gasteiger partial charge on any atom is -0.478 e. The zero-order valence-corrected chi connectivity index (χ0v) is 10.1. The number of aromatic carboxylic acids is 1. The third kappa shape index (κ3) is 2.51. The molecule has 0 saturated carbocycles. The molecular formula is C13H15NO4. The molecule has 1 heterocycles. The van der Waals surface area contributed by atoms with Gasteiger partial charge in [0.15, 0.2) is 0 Å². The van der Waals surface area contributed by atoms with E-state index in [4.69, 9.17) is 9.84 Å². The molecule has 1 aromatic carbocycles. The van der Waals surface area contributed by atoms with Crippen LogP contribution in [0.3, 0.4) is 0 Å². The Balaban J connectivity index is 2.16. The molecule has 0 bridgehead atoms. The second-order valence-corrected chi connectivity index (χ2v) is 4.27. The Kier molecular flexibility index (Phi) is 3.62. The number of carbonyl (C=O) groups is 2. The van der Waals surface area contributed by atoms with Gasteiger partial charge in [0.05, 0.1) is 5.56 Å². The molecule has 0 aliphatic carbocycles. The van der Waals surface area contributed by atoms with Crippen LogP contribution >= 0.6 is 0 Å². The maximum Gasteiger partial charge on any atom is 0.336 e. The Morgan fingerprint density at radius 1 is 1.44 bits per heavy atom. The van der Waals surface area contributed by atoms with Crippen molar-refractivity contribution in [3.8, 4) is 0 Å². The Hall–Kier alpha value is -1.88. The number of carbonyl (C=O) groups excluding carboxylic acids is 1. The molecule has 1 saturated heterocycles. The van der Waals surface area contributed by atoms with Gasteiger partial charge in [-0.25, -0.2) is 4.79 Å². The Morgan fingerprint density at radius 3 is 2.83 bits per heavy atom. The molecular weight excluding hydrogens is 234 g/mol. The number of nitrogens with one attached hydrogen (secondary N) is 1. The number of carboxylic acids is 1. The van der Waals surface area contributed by atoms with Gasteiger partial charge in [-0.1, -0.05) is 6.07 Å². The van der Waals surface area contributed by atoms with E-state index in [0.717, 1.165) is 6.42 Å². The maximum atomic E-state index is 11.9. The van der Waals surface area contributed by atoms with Crippen LogP contribution in [0.1, 0.15) is 28.8 Å². The predicted octanol–water partition coefficient (Wildman–Crippen LogP) is 1.81. The van der Waals surface area contributed by atoms with Crippen molar-refractivity contribution in [2.45, 2.75) is 25.9 Å². The number of hydrogen-bond donors (Lipinski definition) is 2. The van der Waals surface area contributed by atoms with Gasteiger partial charge in [-0.15, -0.1) is 0 Å². The van der Waals surface area contributed by atoms with E-state index in [1.807, 2.05) is 0 Å². The molecule has 0 radical (unpaired) electrons. The number of carboxylic acid groups (broad SMARTS) is 1. The zero-order chi connectivity index (χ0) is 13.1. The van der Waals surface area contributed by atoms with Gasteiger partial charge in [-0.3, -0.25) is 4.79 Å². The minimum absolute atomic E-state index is 0.195. The molecule has 0 aromatic heterocycles. The van der Waals surface area contributed by atoms with Crippen LogP contribution in [0.2, 0.25) is 0 Å². The van der Waals surface area contributed by atoms with E-state index in [-0.39, 0.29) is 11.5 Å². The lowest BCUT2D eigenvalue weighted by Crippen LogP contribution is -2.27. The van der Waals surface area contributed by atoms with Crippen LogP contribution < -0.4 is 5.32 Å². The molecule has 2 N–H and O–H groups in total. The van der Waals surface area contributed by atoms with Crippen LogP contribution in [0.25, 0.3) is 0 Å². The van der Waals surface area contributed by atoms with Crippen molar-refractivity contribution in [1.29, 1.82) is 0 Å². The summed E-state index contributed by atoms with van der Waals surface area (Å²) < 4.78 is 5.28. The quantitative estimate of drug-likeness (QED) is 0.856. The van der Waals surface area contributed by atoms with Crippen molar-refractivity contribution in [2.75, 3.05) is 11.9 Å². The van der Waals surface area contributed by atoms with Crippen molar-refractivity contribution in [3.05, 3.63) is 29.3 Å². The summed E-state index contributed by atoms with van der Waals surface area (Å²) in [6.45, 7) is 2.28. The fourth-order valence-electron chi connectivity index (χ4n) is 2.00. The Morgan fingerprint density at radius 2 is 2.22 bits per heavy atom. The number of amides is 1. The highest BCUT2D eigenvalue weighted by molar-refractivity contribution is 5.97. The summed E-state index contributed by atoms with van der Waals surface area (Å²) in [5.74, 6) is -1.21. The van der Waals surface area contributed by atoms with Crippen molar-refractivity contribution in [2.24, 2.45) is 0 Å². The van der Waals surface area contributed by atoms with Crippen LogP contribution in [0.5, 0.6) is 0 Å². The van der Waals surface area contributed by atoms with E-state index < -0.39 is 12.1 Å². The van der Waals surface area contributed by atoms with E-state index in [1.165, 1.54) is 6.07 Å². The van der Waals surface area contributed by atoms with E-state index in [9.17, 15) is 9.59 Å². The van der Waals surface area contributed by atoms with E-state index in [2.05, 4.69) is 5.32 Å². The summed E-state index contributed by atoms with van der Waals surface area (Å²) in [7, 11) is 0. The highest BCUT2D eigenvalue weighted by atomic mass is 16.5. The summed E-state index contributed by atoms with van der Waals surface area (Å²) in [4.78, 5) is 22.8.